The first-order chi connectivity index (χ1) is 16.0. The van der Waals surface area contributed by atoms with Crippen LogP contribution in [0.4, 0.5) is 23.0 Å². The largest absolute Gasteiger partial charge is 0.307 e. The van der Waals surface area contributed by atoms with Gasteiger partial charge in [-0.2, -0.15) is 0 Å². The van der Waals surface area contributed by atoms with Crippen LogP contribution >= 0.6 is 0 Å². The number of fused-ring (bicyclic) bond motifs is 3. The Kier molecular flexibility index (Phi) is 4.01. The summed E-state index contributed by atoms with van der Waals surface area (Å²) in [4.78, 5) is 37.6. The van der Waals surface area contributed by atoms with Crippen LogP contribution in [0.3, 0.4) is 0 Å². The van der Waals surface area contributed by atoms with Crippen molar-refractivity contribution < 1.29 is 9.59 Å². The number of carbonyl (C=O) groups is 2. The molecule has 0 N–H and O–H groups in total. The van der Waals surface area contributed by atoms with Crippen LogP contribution in [-0.4, -0.2) is 21.8 Å². The highest BCUT2D eigenvalue weighted by Crippen LogP contribution is 2.51. The van der Waals surface area contributed by atoms with E-state index in [1.807, 2.05) is 12.1 Å². The lowest BCUT2D eigenvalue weighted by Gasteiger charge is -2.41. The van der Waals surface area contributed by atoms with Crippen LogP contribution in [-0.2, 0) is 5.41 Å². The maximum absolute atomic E-state index is 12.8. The third kappa shape index (κ3) is 2.67. The topological polar surface area (TPSA) is 66.4 Å². The third-order valence-corrected chi connectivity index (χ3v) is 6.51. The average Bonchev–Trinajstić information content (AvgIpc) is 3.10. The molecule has 6 rings (SSSR count). The van der Waals surface area contributed by atoms with Crippen LogP contribution in [0.2, 0.25) is 0 Å². The number of hydrogen-bond donors (Lipinski definition) is 0. The standard InChI is InChI=1S/C27H20N4O2/c1-27(2)20-11-5-7-13-22(20)30(23-14-8-6-12-21(23)27)17-15-28-26(29-16-17)31-24(32)18-9-3-4-10-19(18)25(31)33/h3-16H,1-2H3. The molecule has 0 unspecified atom stereocenters. The Labute approximate surface area is 191 Å². The fraction of sp³-hybridized carbons (Fsp3) is 0.111. The predicted octanol–water partition coefficient (Wildman–Crippen LogP) is 5.39. The van der Waals surface area contributed by atoms with E-state index in [1.165, 1.54) is 11.1 Å². The summed E-state index contributed by atoms with van der Waals surface area (Å²) < 4.78 is 0. The number of benzene rings is 3. The van der Waals surface area contributed by atoms with Gasteiger partial charge in [-0.05, 0) is 35.4 Å². The zero-order valence-electron chi connectivity index (χ0n) is 18.2. The maximum atomic E-state index is 12.8. The fourth-order valence-corrected chi connectivity index (χ4v) is 4.86. The Balaban J connectivity index is 1.44. The van der Waals surface area contributed by atoms with Gasteiger partial charge in [0, 0.05) is 5.41 Å². The minimum absolute atomic E-state index is 0.0730. The Hall–Kier alpha value is -4.32. The van der Waals surface area contributed by atoms with Crippen molar-refractivity contribution in [2.24, 2.45) is 0 Å². The van der Waals surface area contributed by atoms with Gasteiger partial charge >= 0.3 is 0 Å². The van der Waals surface area contributed by atoms with Crippen molar-refractivity contribution in [2.45, 2.75) is 19.3 Å². The number of para-hydroxylation sites is 2. The quantitative estimate of drug-likeness (QED) is 0.398. The summed E-state index contributed by atoms with van der Waals surface area (Å²) in [5, 5.41) is 0. The summed E-state index contributed by atoms with van der Waals surface area (Å²) >= 11 is 0. The van der Waals surface area contributed by atoms with Crippen LogP contribution in [0.15, 0.2) is 85.2 Å². The zero-order valence-corrected chi connectivity index (χ0v) is 18.2. The lowest BCUT2D eigenvalue weighted by molar-refractivity contribution is 0.0924. The molecular weight excluding hydrogens is 412 g/mol. The van der Waals surface area contributed by atoms with Gasteiger partial charge < -0.3 is 4.90 Å². The van der Waals surface area contributed by atoms with Crippen molar-refractivity contribution in [1.29, 1.82) is 0 Å². The van der Waals surface area contributed by atoms with Crippen molar-refractivity contribution in [2.75, 3.05) is 9.80 Å². The van der Waals surface area contributed by atoms with Crippen molar-refractivity contribution in [3.05, 3.63) is 107 Å². The molecule has 0 atom stereocenters. The van der Waals surface area contributed by atoms with Crippen LogP contribution in [0.5, 0.6) is 0 Å². The predicted molar refractivity (Wildman–Crippen MR) is 126 cm³/mol. The molecule has 1 aromatic heterocycles. The molecule has 6 nitrogen and oxygen atoms in total. The normalized spacial score (nSPS) is 15.8. The summed E-state index contributed by atoms with van der Waals surface area (Å²) in [5.41, 5.74) is 5.85. The molecule has 0 saturated carbocycles. The Morgan fingerprint density at radius 3 is 1.61 bits per heavy atom. The summed E-state index contributed by atoms with van der Waals surface area (Å²) in [6.45, 7) is 4.45. The van der Waals surface area contributed by atoms with Gasteiger partial charge in [-0.3, -0.25) is 9.59 Å². The van der Waals surface area contributed by atoms with Gasteiger partial charge in [0.25, 0.3) is 11.8 Å². The molecule has 3 aromatic carbocycles. The highest BCUT2D eigenvalue weighted by atomic mass is 16.2. The van der Waals surface area contributed by atoms with Gasteiger partial charge in [-0.1, -0.05) is 62.4 Å². The molecule has 0 aliphatic carbocycles. The summed E-state index contributed by atoms with van der Waals surface area (Å²) in [6.07, 6.45) is 3.33. The SMILES string of the molecule is CC1(C)c2ccccc2N(c2cnc(N3C(=O)c4ccccc4C3=O)nc2)c2ccccc21. The van der Waals surface area contributed by atoms with Crippen LogP contribution in [0, 0.1) is 0 Å². The molecule has 0 radical (unpaired) electrons. The van der Waals surface area contributed by atoms with E-state index < -0.39 is 11.8 Å². The monoisotopic (exact) mass is 432 g/mol. The van der Waals surface area contributed by atoms with Gasteiger partial charge in [0.15, 0.2) is 0 Å². The molecule has 2 amide bonds. The van der Waals surface area contributed by atoms with Gasteiger partial charge in [-0.15, -0.1) is 0 Å². The number of rotatable bonds is 2. The molecule has 0 fully saturated rings. The van der Waals surface area contributed by atoms with Crippen LogP contribution in [0.1, 0.15) is 45.7 Å². The molecule has 33 heavy (non-hydrogen) atoms. The number of hydrogen-bond acceptors (Lipinski definition) is 5. The molecule has 2 aliphatic rings. The minimum atomic E-state index is -0.404. The summed E-state index contributed by atoms with van der Waals surface area (Å²) in [6, 6.07) is 23.4. The first-order valence-electron chi connectivity index (χ1n) is 10.8. The second-order valence-corrected chi connectivity index (χ2v) is 8.73. The molecule has 0 saturated heterocycles. The number of aromatic nitrogens is 2. The lowest BCUT2D eigenvalue weighted by atomic mass is 9.73. The molecule has 160 valence electrons. The second-order valence-electron chi connectivity index (χ2n) is 8.73. The summed E-state index contributed by atoms with van der Waals surface area (Å²) in [7, 11) is 0. The fourth-order valence-electron chi connectivity index (χ4n) is 4.86. The molecule has 4 aromatic rings. The number of nitrogens with zero attached hydrogens (tertiary/aromatic N) is 4. The van der Waals surface area contributed by atoms with Gasteiger partial charge in [0.05, 0.1) is 40.6 Å². The lowest BCUT2D eigenvalue weighted by Crippen LogP contribution is -2.32. The first-order valence-corrected chi connectivity index (χ1v) is 10.8. The molecule has 0 bridgehead atoms. The summed E-state index contributed by atoms with van der Waals surface area (Å²) in [5.74, 6) is -0.735. The van der Waals surface area contributed by atoms with Gasteiger partial charge in [0.2, 0.25) is 5.95 Å². The molecule has 2 aliphatic heterocycles. The minimum Gasteiger partial charge on any atom is -0.307 e. The van der Waals surface area contributed by atoms with Crippen molar-refractivity contribution >= 4 is 34.8 Å². The second kappa shape index (κ2) is 6.84. The average molecular weight is 432 g/mol. The Bertz CT molecular complexity index is 1360. The van der Waals surface area contributed by atoms with Crippen molar-refractivity contribution in [3.8, 4) is 0 Å². The van der Waals surface area contributed by atoms with Gasteiger partial charge in [-0.25, -0.2) is 14.9 Å². The first kappa shape index (κ1) is 19.4. The number of imide groups is 1. The van der Waals surface area contributed by atoms with E-state index in [0.717, 1.165) is 22.0 Å². The van der Waals surface area contributed by atoms with E-state index >= 15 is 0 Å². The van der Waals surface area contributed by atoms with E-state index in [0.29, 0.717) is 11.1 Å². The Morgan fingerprint density at radius 2 is 1.09 bits per heavy atom. The third-order valence-electron chi connectivity index (χ3n) is 6.51. The van der Waals surface area contributed by atoms with Crippen molar-refractivity contribution in [1.82, 2.24) is 9.97 Å². The van der Waals surface area contributed by atoms with E-state index in [4.69, 9.17) is 0 Å². The highest BCUT2D eigenvalue weighted by molar-refractivity contribution is 6.33. The molecule has 6 heteroatoms. The number of anilines is 4. The maximum Gasteiger partial charge on any atom is 0.268 e. The van der Waals surface area contributed by atoms with E-state index in [1.54, 1.807) is 36.7 Å². The van der Waals surface area contributed by atoms with E-state index in [-0.39, 0.29) is 11.4 Å². The van der Waals surface area contributed by atoms with Crippen LogP contribution in [0.25, 0.3) is 0 Å². The zero-order chi connectivity index (χ0) is 22.7. The number of amides is 2. The highest BCUT2D eigenvalue weighted by Gasteiger charge is 2.39. The smallest absolute Gasteiger partial charge is 0.268 e. The number of carbonyl (C=O) groups excluding carboxylic acids is 2. The van der Waals surface area contributed by atoms with Crippen molar-refractivity contribution in [3.63, 3.8) is 0 Å². The molecule has 0 spiro atoms. The molecule has 3 heterocycles. The van der Waals surface area contributed by atoms with E-state index in [2.05, 4.69) is 65.1 Å². The Morgan fingerprint density at radius 1 is 0.636 bits per heavy atom. The van der Waals surface area contributed by atoms with Gasteiger partial charge in [0.1, 0.15) is 0 Å². The van der Waals surface area contributed by atoms with E-state index in [9.17, 15) is 9.59 Å². The molecular formula is C27H20N4O2. The van der Waals surface area contributed by atoms with Crippen LogP contribution < -0.4 is 9.80 Å².